The molecule has 0 saturated heterocycles. The van der Waals surface area contributed by atoms with E-state index in [1.54, 1.807) is 21.3 Å². The minimum atomic E-state index is 0.430. The largest absolute Gasteiger partial charge is 0.496 e. The Hall–Kier alpha value is -2.94. The molecular weight excluding hydrogens is 306 g/mol. The number of pyridine rings is 1. The van der Waals surface area contributed by atoms with Crippen molar-refractivity contribution in [3.05, 3.63) is 41.1 Å². The van der Waals surface area contributed by atoms with Gasteiger partial charge in [-0.3, -0.25) is 0 Å². The van der Waals surface area contributed by atoms with Gasteiger partial charge in [-0.05, 0) is 25.0 Å². The van der Waals surface area contributed by atoms with Crippen LogP contribution in [0.3, 0.4) is 0 Å². The monoisotopic (exact) mass is 327 g/mol. The molecule has 1 N–H and O–H groups in total. The van der Waals surface area contributed by atoms with Crippen molar-refractivity contribution in [2.24, 2.45) is 0 Å². The Bertz CT molecular complexity index is 729. The Kier molecular flexibility index (Phi) is 5.85. The lowest BCUT2D eigenvalue weighted by Crippen LogP contribution is -2.09. The van der Waals surface area contributed by atoms with Gasteiger partial charge in [0.2, 0.25) is 0 Å². The fourth-order valence-electron chi connectivity index (χ4n) is 2.38. The second kappa shape index (κ2) is 8.06. The van der Waals surface area contributed by atoms with Gasteiger partial charge in [-0.25, -0.2) is 4.98 Å². The Morgan fingerprint density at radius 1 is 1.08 bits per heavy atom. The summed E-state index contributed by atoms with van der Waals surface area (Å²) < 4.78 is 16.1. The van der Waals surface area contributed by atoms with Crippen LogP contribution in [0.1, 0.15) is 16.8 Å². The molecule has 0 atom stereocenters. The van der Waals surface area contributed by atoms with Gasteiger partial charge in [0.25, 0.3) is 0 Å². The number of anilines is 1. The second-order valence-electron chi connectivity index (χ2n) is 5.16. The lowest BCUT2D eigenvalue weighted by Gasteiger charge is -2.15. The molecule has 24 heavy (non-hydrogen) atoms. The molecule has 6 nitrogen and oxygen atoms in total. The average Bonchev–Trinajstić information content (AvgIpc) is 2.62. The number of methoxy groups -OCH3 is 3. The van der Waals surface area contributed by atoms with E-state index in [4.69, 9.17) is 19.5 Å². The van der Waals surface area contributed by atoms with E-state index < -0.39 is 0 Å². The van der Waals surface area contributed by atoms with Gasteiger partial charge in [-0.2, -0.15) is 5.26 Å². The molecule has 0 radical (unpaired) electrons. The van der Waals surface area contributed by atoms with Crippen LogP contribution in [0.2, 0.25) is 0 Å². The molecule has 1 aromatic carbocycles. The Labute approximate surface area is 142 Å². The molecule has 0 amide bonds. The summed E-state index contributed by atoms with van der Waals surface area (Å²) in [4.78, 5) is 4.28. The molecular formula is C18H21N3O3. The number of hydrogen-bond acceptors (Lipinski definition) is 6. The molecule has 2 rings (SSSR count). The molecule has 0 aliphatic heterocycles. The van der Waals surface area contributed by atoms with Crippen LogP contribution in [-0.2, 0) is 6.42 Å². The summed E-state index contributed by atoms with van der Waals surface area (Å²) in [5, 5.41) is 12.3. The summed E-state index contributed by atoms with van der Waals surface area (Å²) in [5.41, 5.74) is 2.24. The van der Waals surface area contributed by atoms with Crippen molar-refractivity contribution < 1.29 is 14.2 Å². The molecule has 1 heterocycles. The van der Waals surface area contributed by atoms with Crippen molar-refractivity contribution in [2.75, 3.05) is 33.2 Å². The van der Waals surface area contributed by atoms with Crippen LogP contribution in [0.5, 0.6) is 17.2 Å². The van der Waals surface area contributed by atoms with Crippen molar-refractivity contribution in [3.63, 3.8) is 0 Å². The highest BCUT2D eigenvalue weighted by Gasteiger charge is 2.13. The van der Waals surface area contributed by atoms with E-state index in [0.717, 1.165) is 11.1 Å². The van der Waals surface area contributed by atoms with Gasteiger partial charge in [0.1, 0.15) is 34.8 Å². The molecule has 0 fully saturated rings. The summed E-state index contributed by atoms with van der Waals surface area (Å²) in [6.07, 6.45) is 0.674. The van der Waals surface area contributed by atoms with Gasteiger partial charge < -0.3 is 19.5 Å². The van der Waals surface area contributed by atoms with Crippen LogP contribution >= 0.6 is 0 Å². The van der Waals surface area contributed by atoms with Gasteiger partial charge in [0.15, 0.2) is 0 Å². The lowest BCUT2D eigenvalue weighted by molar-refractivity contribution is 0.369. The molecule has 0 aliphatic rings. The number of aryl methyl sites for hydroxylation is 1. The third-order valence-electron chi connectivity index (χ3n) is 3.70. The maximum absolute atomic E-state index is 9.05. The highest BCUT2D eigenvalue weighted by molar-refractivity contribution is 5.51. The first-order chi connectivity index (χ1) is 11.6. The zero-order valence-corrected chi connectivity index (χ0v) is 14.3. The molecule has 0 unspecified atom stereocenters. The third-order valence-corrected chi connectivity index (χ3v) is 3.70. The summed E-state index contributed by atoms with van der Waals surface area (Å²) in [5.74, 6) is 2.77. The van der Waals surface area contributed by atoms with E-state index in [1.807, 2.05) is 31.2 Å². The average molecular weight is 327 g/mol. The highest BCUT2D eigenvalue weighted by Crippen LogP contribution is 2.34. The molecule has 0 spiro atoms. The first-order valence-electron chi connectivity index (χ1n) is 7.53. The van der Waals surface area contributed by atoms with E-state index in [0.29, 0.717) is 41.7 Å². The van der Waals surface area contributed by atoms with Crippen LogP contribution in [0.25, 0.3) is 0 Å². The normalized spacial score (nSPS) is 9.96. The molecule has 1 aromatic heterocycles. The van der Waals surface area contributed by atoms with Crippen LogP contribution in [0.15, 0.2) is 24.3 Å². The van der Waals surface area contributed by atoms with Gasteiger partial charge >= 0.3 is 0 Å². The Balaban J connectivity index is 2.13. The van der Waals surface area contributed by atoms with Crippen molar-refractivity contribution in [3.8, 4) is 23.3 Å². The number of hydrogen-bond donors (Lipinski definition) is 1. The van der Waals surface area contributed by atoms with Gasteiger partial charge in [-0.1, -0.05) is 6.07 Å². The van der Waals surface area contributed by atoms with Crippen molar-refractivity contribution in [2.45, 2.75) is 13.3 Å². The van der Waals surface area contributed by atoms with Crippen LogP contribution in [-0.4, -0.2) is 32.9 Å². The molecule has 6 heteroatoms. The van der Waals surface area contributed by atoms with Crippen molar-refractivity contribution in [1.82, 2.24) is 4.98 Å². The van der Waals surface area contributed by atoms with E-state index in [1.165, 1.54) is 0 Å². The van der Waals surface area contributed by atoms with Crippen LogP contribution < -0.4 is 19.5 Å². The van der Waals surface area contributed by atoms with Gasteiger partial charge in [0, 0.05) is 24.2 Å². The maximum Gasteiger partial charge on any atom is 0.145 e. The molecule has 0 aliphatic carbocycles. The fraction of sp³-hybridized carbons (Fsp3) is 0.333. The lowest BCUT2D eigenvalue weighted by atomic mass is 10.1. The first-order valence-corrected chi connectivity index (χ1v) is 7.53. The minimum Gasteiger partial charge on any atom is -0.496 e. The number of ether oxygens (including phenoxy) is 3. The highest BCUT2D eigenvalue weighted by atomic mass is 16.5. The number of nitrogens with one attached hydrogen (secondary N) is 1. The van der Waals surface area contributed by atoms with Crippen LogP contribution in [0, 0.1) is 18.3 Å². The minimum absolute atomic E-state index is 0.430. The van der Waals surface area contributed by atoms with E-state index >= 15 is 0 Å². The number of rotatable bonds is 7. The van der Waals surface area contributed by atoms with E-state index in [9.17, 15) is 0 Å². The predicted octanol–water partition coefficient (Wildman–Crippen LogP) is 2.94. The fourth-order valence-corrected chi connectivity index (χ4v) is 2.38. The summed E-state index contributed by atoms with van der Waals surface area (Å²) in [7, 11) is 4.84. The number of aromatic nitrogens is 1. The Morgan fingerprint density at radius 3 is 2.29 bits per heavy atom. The zero-order valence-electron chi connectivity index (χ0n) is 14.3. The number of nitriles is 1. The number of nitrogens with zero attached hydrogens (tertiary/aromatic N) is 2. The summed E-state index contributed by atoms with van der Waals surface area (Å²) in [6, 6.07) is 9.48. The second-order valence-corrected chi connectivity index (χ2v) is 5.16. The van der Waals surface area contributed by atoms with Gasteiger partial charge in [-0.15, -0.1) is 0 Å². The molecule has 126 valence electrons. The molecule has 0 saturated carbocycles. The standard InChI is InChI=1S/C18H21N3O3/c1-12-5-6-18(21-15(12)11-19)20-8-7-14-16(23-3)9-13(22-2)10-17(14)24-4/h5-6,9-10H,7-8H2,1-4H3,(H,20,21). The van der Waals surface area contributed by atoms with E-state index in [-0.39, 0.29) is 0 Å². The third kappa shape index (κ3) is 3.87. The predicted molar refractivity (Wildman–Crippen MR) is 92.0 cm³/mol. The zero-order chi connectivity index (χ0) is 17.5. The Morgan fingerprint density at radius 2 is 1.75 bits per heavy atom. The van der Waals surface area contributed by atoms with Crippen LogP contribution in [0.4, 0.5) is 5.82 Å². The van der Waals surface area contributed by atoms with Crippen molar-refractivity contribution in [1.29, 1.82) is 5.26 Å². The van der Waals surface area contributed by atoms with Gasteiger partial charge in [0.05, 0.1) is 21.3 Å². The van der Waals surface area contributed by atoms with E-state index in [2.05, 4.69) is 16.4 Å². The maximum atomic E-state index is 9.05. The SMILES string of the molecule is COc1cc(OC)c(CCNc2ccc(C)c(C#N)n2)c(OC)c1. The summed E-state index contributed by atoms with van der Waals surface area (Å²) >= 11 is 0. The van der Waals surface area contributed by atoms with Crippen molar-refractivity contribution >= 4 is 5.82 Å². The number of benzene rings is 1. The first kappa shape index (κ1) is 17.4. The summed E-state index contributed by atoms with van der Waals surface area (Å²) in [6.45, 7) is 2.49. The smallest absolute Gasteiger partial charge is 0.145 e. The topological polar surface area (TPSA) is 76.4 Å². The molecule has 2 aromatic rings. The molecule has 0 bridgehead atoms. The quantitative estimate of drug-likeness (QED) is 0.842.